The number of carbonyl (C=O) groups is 6. The summed E-state index contributed by atoms with van der Waals surface area (Å²) in [5, 5.41) is 9.81. The Labute approximate surface area is 266 Å². The second kappa shape index (κ2) is 17.3. The van der Waals surface area contributed by atoms with Crippen LogP contribution in [-0.2, 0) is 46.6 Å². The summed E-state index contributed by atoms with van der Waals surface area (Å²) in [6.45, 7) is 0.707. The zero-order valence-electron chi connectivity index (χ0n) is 25.5. The zero-order valence-corrected chi connectivity index (χ0v) is 25.5. The van der Waals surface area contributed by atoms with E-state index in [1.54, 1.807) is 0 Å². The van der Waals surface area contributed by atoms with Crippen LogP contribution in [0.15, 0.2) is 60.8 Å². The first kappa shape index (κ1) is 33.7. The number of alkyl carbamates (subject to hydrolysis) is 1. The number of imide groups is 1. The number of hydrogen-bond donors (Lipinski definition) is 4. The Hall–Kier alpha value is -5.20. The predicted octanol–water partition coefficient (Wildman–Crippen LogP) is 3.19. The van der Waals surface area contributed by atoms with Crippen molar-refractivity contribution in [2.45, 2.75) is 70.4 Å². The fraction of sp³-hybridized carbons (Fsp3) is 0.394. The third-order valence-electron chi connectivity index (χ3n) is 7.37. The molecule has 4 N–H and O–H groups in total. The summed E-state index contributed by atoms with van der Waals surface area (Å²) in [4.78, 5) is 81.2. The first-order valence-electron chi connectivity index (χ1n) is 15.4. The molecule has 0 aliphatic carbocycles. The van der Waals surface area contributed by atoms with E-state index < -0.39 is 29.9 Å². The third-order valence-corrected chi connectivity index (χ3v) is 7.37. The number of benzene rings is 2. The lowest BCUT2D eigenvalue weighted by Gasteiger charge is -2.19. The molecule has 1 atom stereocenters. The van der Waals surface area contributed by atoms with Gasteiger partial charge >= 0.3 is 12.1 Å². The van der Waals surface area contributed by atoms with Crippen LogP contribution >= 0.6 is 0 Å². The van der Waals surface area contributed by atoms with E-state index in [9.17, 15) is 28.8 Å². The number of carbonyl (C=O) groups excluding carboxylic acids is 6. The minimum absolute atomic E-state index is 0.0316. The van der Waals surface area contributed by atoms with Crippen molar-refractivity contribution >= 4 is 46.6 Å². The van der Waals surface area contributed by atoms with Gasteiger partial charge in [-0.25, -0.2) is 9.59 Å². The van der Waals surface area contributed by atoms with Gasteiger partial charge in [-0.1, -0.05) is 55.0 Å². The van der Waals surface area contributed by atoms with Gasteiger partial charge in [0.05, 0.1) is 0 Å². The molecule has 1 aromatic heterocycles. The van der Waals surface area contributed by atoms with Crippen molar-refractivity contribution in [3.63, 3.8) is 0 Å². The average molecular weight is 634 g/mol. The van der Waals surface area contributed by atoms with E-state index in [0.717, 1.165) is 22.0 Å². The van der Waals surface area contributed by atoms with Gasteiger partial charge in [0.2, 0.25) is 11.8 Å². The number of rotatable bonds is 17. The number of aromatic amines is 1. The summed E-state index contributed by atoms with van der Waals surface area (Å²) >= 11 is 0. The van der Waals surface area contributed by atoms with Gasteiger partial charge in [0.25, 0.3) is 11.8 Å². The lowest BCUT2D eigenvalue weighted by atomic mass is 10.0. The minimum atomic E-state index is -0.832. The molecule has 46 heavy (non-hydrogen) atoms. The molecule has 5 amide bonds. The first-order chi connectivity index (χ1) is 22.3. The predicted molar refractivity (Wildman–Crippen MR) is 166 cm³/mol. The lowest BCUT2D eigenvalue weighted by Crippen LogP contribution is -2.48. The maximum Gasteiger partial charge on any atom is 0.407 e. The second-order valence-electron chi connectivity index (χ2n) is 10.9. The highest BCUT2D eigenvalue weighted by Gasteiger charge is 2.32. The number of unbranched alkanes of at least 4 members (excludes halogenated alkanes) is 2. The highest BCUT2D eigenvalue weighted by molar-refractivity contribution is 6.01. The number of nitrogens with zero attached hydrogens (tertiary/aromatic N) is 1. The van der Waals surface area contributed by atoms with Gasteiger partial charge in [-0.05, 0) is 36.5 Å². The number of H-pyrrole nitrogens is 1. The molecular weight excluding hydrogens is 594 g/mol. The van der Waals surface area contributed by atoms with E-state index in [2.05, 4.69) is 20.9 Å². The molecule has 1 saturated heterocycles. The third kappa shape index (κ3) is 10.5. The van der Waals surface area contributed by atoms with Crippen molar-refractivity contribution in [2.24, 2.45) is 0 Å². The van der Waals surface area contributed by atoms with E-state index in [1.807, 2.05) is 60.8 Å². The molecule has 0 saturated carbocycles. The average Bonchev–Trinajstić information content (AvgIpc) is 3.61. The molecular formula is C33H39N5O8. The van der Waals surface area contributed by atoms with Crippen LogP contribution in [0, 0.1) is 0 Å². The van der Waals surface area contributed by atoms with Crippen molar-refractivity contribution in [1.29, 1.82) is 0 Å². The Morgan fingerprint density at radius 3 is 2.33 bits per heavy atom. The number of amides is 5. The molecule has 13 heteroatoms. The number of hydrogen-bond acceptors (Lipinski definition) is 8. The second-order valence-corrected chi connectivity index (χ2v) is 10.9. The molecule has 244 valence electrons. The number of aromatic nitrogens is 1. The number of fused-ring (bicyclic) bond motifs is 1. The highest BCUT2D eigenvalue weighted by Crippen LogP contribution is 2.19. The van der Waals surface area contributed by atoms with E-state index in [4.69, 9.17) is 9.57 Å². The van der Waals surface area contributed by atoms with Crippen molar-refractivity contribution in [3.05, 3.63) is 71.9 Å². The molecule has 13 nitrogen and oxygen atoms in total. The van der Waals surface area contributed by atoms with Gasteiger partial charge in [0.15, 0.2) is 0 Å². The summed E-state index contributed by atoms with van der Waals surface area (Å²) in [5.41, 5.74) is 2.67. The molecule has 0 spiro atoms. The van der Waals surface area contributed by atoms with Crippen LogP contribution in [0.3, 0.4) is 0 Å². The van der Waals surface area contributed by atoms with Gasteiger partial charge in [0.1, 0.15) is 12.6 Å². The topological polar surface area (TPSA) is 176 Å². The van der Waals surface area contributed by atoms with Crippen molar-refractivity contribution in [3.8, 4) is 0 Å². The number of ether oxygens (including phenoxy) is 1. The molecule has 1 fully saturated rings. The number of para-hydroxylation sites is 1. The monoisotopic (exact) mass is 633 g/mol. The zero-order chi connectivity index (χ0) is 32.7. The van der Waals surface area contributed by atoms with Gasteiger partial charge in [-0.3, -0.25) is 19.2 Å². The molecule has 1 aliphatic heterocycles. The summed E-state index contributed by atoms with van der Waals surface area (Å²) < 4.78 is 5.18. The van der Waals surface area contributed by atoms with Gasteiger partial charge < -0.3 is 30.5 Å². The molecule has 2 aromatic carbocycles. The fourth-order valence-electron chi connectivity index (χ4n) is 4.92. The Kier molecular flexibility index (Phi) is 12.7. The van der Waals surface area contributed by atoms with Crippen LogP contribution in [0.4, 0.5) is 4.79 Å². The Balaban J connectivity index is 1.19. The summed E-state index contributed by atoms with van der Waals surface area (Å²) in [5.74, 6) is -2.37. The van der Waals surface area contributed by atoms with Crippen molar-refractivity contribution in [1.82, 2.24) is 26.0 Å². The van der Waals surface area contributed by atoms with Crippen LogP contribution in [0.25, 0.3) is 10.9 Å². The normalized spacial score (nSPS) is 13.3. The quantitative estimate of drug-likeness (QED) is 0.129. The standard InChI is InChI=1S/C33H39N5O8/c39-28(14-9-19-35-33(44)45-22-23-10-3-1-4-11-23)37-27(20-24-21-36-26-13-7-6-12-25(24)26)32(43)34-18-8-2-5-15-31(42)46-38-29(40)16-17-30(38)41/h1,3-4,6-7,10-13,21,27,36H,2,5,8-9,14-20,22H2,(H,34,43)(H,35,44)(H,37,39)/t27-/m0/s1. The molecule has 2 heterocycles. The molecule has 0 unspecified atom stereocenters. The smallest absolute Gasteiger partial charge is 0.407 e. The van der Waals surface area contributed by atoms with Crippen LogP contribution in [0.5, 0.6) is 0 Å². The Morgan fingerprint density at radius 2 is 1.54 bits per heavy atom. The maximum atomic E-state index is 13.2. The van der Waals surface area contributed by atoms with Crippen LogP contribution in [0.1, 0.15) is 62.5 Å². The molecule has 1 aliphatic rings. The number of nitrogens with one attached hydrogen (secondary N) is 4. The SMILES string of the molecule is O=C(CCCNC(=O)OCc1ccccc1)N[C@@H](Cc1c[nH]c2ccccc12)C(=O)NCCCCCC(=O)ON1C(=O)CCC1=O. The molecule has 0 bridgehead atoms. The molecule has 4 rings (SSSR count). The van der Waals surface area contributed by atoms with Gasteiger partial charge in [-0.15, -0.1) is 5.06 Å². The minimum Gasteiger partial charge on any atom is -0.445 e. The summed E-state index contributed by atoms with van der Waals surface area (Å²) in [6.07, 6.45) is 3.70. The van der Waals surface area contributed by atoms with E-state index in [-0.39, 0.29) is 57.1 Å². The molecule has 0 radical (unpaired) electrons. The molecule has 3 aromatic rings. The highest BCUT2D eigenvalue weighted by atomic mass is 16.7. The fourth-order valence-corrected chi connectivity index (χ4v) is 4.92. The van der Waals surface area contributed by atoms with Gasteiger partial charge in [-0.2, -0.15) is 0 Å². The van der Waals surface area contributed by atoms with Crippen molar-refractivity contribution < 1.29 is 38.3 Å². The van der Waals surface area contributed by atoms with Crippen LogP contribution in [-0.4, -0.2) is 64.9 Å². The lowest BCUT2D eigenvalue weighted by molar-refractivity contribution is -0.197. The van der Waals surface area contributed by atoms with Crippen LogP contribution in [0.2, 0.25) is 0 Å². The Morgan fingerprint density at radius 1 is 0.826 bits per heavy atom. The van der Waals surface area contributed by atoms with E-state index in [0.29, 0.717) is 37.3 Å². The maximum absolute atomic E-state index is 13.2. The van der Waals surface area contributed by atoms with E-state index in [1.165, 1.54) is 0 Å². The van der Waals surface area contributed by atoms with E-state index >= 15 is 0 Å². The van der Waals surface area contributed by atoms with Gasteiger partial charge in [0, 0.05) is 62.3 Å². The Bertz CT molecular complexity index is 1510. The summed E-state index contributed by atoms with van der Waals surface area (Å²) in [6, 6.07) is 16.2. The van der Waals surface area contributed by atoms with Crippen molar-refractivity contribution in [2.75, 3.05) is 13.1 Å². The summed E-state index contributed by atoms with van der Waals surface area (Å²) in [7, 11) is 0. The number of hydroxylamine groups is 2. The first-order valence-corrected chi connectivity index (χ1v) is 15.4. The van der Waals surface area contributed by atoms with Crippen LogP contribution < -0.4 is 16.0 Å². The largest absolute Gasteiger partial charge is 0.445 e.